The highest BCUT2D eigenvalue weighted by atomic mass is 35.5. The van der Waals surface area contributed by atoms with Crippen molar-refractivity contribution in [3.05, 3.63) is 83.4 Å². The molecule has 6 nitrogen and oxygen atoms in total. The summed E-state index contributed by atoms with van der Waals surface area (Å²) in [5.74, 6) is 0.983. The third-order valence-electron chi connectivity index (χ3n) is 4.94. The lowest BCUT2D eigenvalue weighted by atomic mass is 10.1. The van der Waals surface area contributed by atoms with Crippen molar-refractivity contribution in [3.63, 3.8) is 0 Å². The van der Waals surface area contributed by atoms with E-state index in [1.165, 1.54) is 0 Å². The van der Waals surface area contributed by atoms with Crippen molar-refractivity contribution in [2.24, 2.45) is 0 Å². The number of nitrogens with zero attached hydrogens (tertiary/aromatic N) is 4. The first kappa shape index (κ1) is 20.2. The minimum Gasteiger partial charge on any atom is -0.328 e. The van der Waals surface area contributed by atoms with Crippen molar-refractivity contribution >= 4 is 28.3 Å². The normalized spacial score (nSPS) is 11.2. The van der Waals surface area contributed by atoms with Crippen LogP contribution in [-0.2, 0) is 17.8 Å². The summed E-state index contributed by atoms with van der Waals surface area (Å²) in [4.78, 5) is 10.2. The maximum Gasteiger partial charge on any atom is 0.115 e. The summed E-state index contributed by atoms with van der Waals surface area (Å²) in [5, 5.41) is 5.17. The van der Waals surface area contributed by atoms with E-state index >= 15 is 0 Å². The fraction of sp³-hybridized carbons (Fsp3) is 0.217. The summed E-state index contributed by atoms with van der Waals surface area (Å²) in [6.07, 6.45) is 2.46. The van der Waals surface area contributed by atoms with Crippen molar-refractivity contribution in [3.8, 4) is 5.69 Å². The molecule has 0 aliphatic rings. The minimum absolute atomic E-state index is 0.566. The molecule has 0 bridgehead atoms. The van der Waals surface area contributed by atoms with Crippen LogP contribution in [0.25, 0.3) is 22.4 Å². The summed E-state index contributed by atoms with van der Waals surface area (Å²) >= 11 is 6.17. The third-order valence-corrected chi connectivity index (χ3v) is 5.18. The molecule has 0 saturated heterocycles. The van der Waals surface area contributed by atoms with Gasteiger partial charge in [0.05, 0.1) is 34.7 Å². The van der Waals surface area contributed by atoms with Gasteiger partial charge in [0.2, 0.25) is 0 Å². The van der Waals surface area contributed by atoms with Crippen LogP contribution in [-0.4, -0.2) is 25.9 Å². The molecule has 30 heavy (non-hydrogen) atoms. The molecule has 0 saturated carbocycles. The molecule has 0 radical (unpaired) electrons. The lowest BCUT2D eigenvalue weighted by Gasteiger charge is -2.10. The molecule has 2 aromatic carbocycles. The van der Waals surface area contributed by atoms with Gasteiger partial charge in [0.25, 0.3) is 0 Å². The quantitative estimate of drug-likeness (QED) is 0.407. The van der Waals surface area contributed by atoms with Gasteiger partial charge in [-0.1, -0.05) is 30.3 Å². The molecule has 2 heterocycles. The number of aryl methyl sites for hydroxylation is 1. The first-order valence-electron chi connectivity index (χ1n) is 9.95. The zero-order valence-corrected chi connectivity index (χ0v) is 17.9. The summed E-state index contributed by atoms with van der Waals surface area (Å²) in [5.41, 5.74) is 8.53. The maximum atomic E-state index is 6.17. The molecule has 4 rings (SSSR count). The number of halogens is 1. The molecule has 0 unspecified atom stereocenters. The second kappa shape index (κ2) is 8.73. The van der Waals surface area contributed by atoms with Crippen LogP contribution < -0.4 is 5.48 Å². The number of fused-ring (bicyclic) bond motifs is 1. The van der Waals surface area contributed by atoms with Crippen LogP contribution in [0.4, 0.5) is 0 Å². The molecular weight excluding hydrogens is 398 g/mol. The molecule has 0 spiro atoms. The zero-order valence-electron chi connectivity index (χ0n) is 17.1. The Morgan fingerprint density at radius 1 is 1.17 bits per heavy atom. The number of hydroxylamine groups is 1. The molecule has 7 heteroatoms. The third kappa shape index (κ3) is 3.97. The van der Waals surface area contributed by atoms with Crippen LogP contribution in [0.15, 0.2) is 61.3 Å². The second-order valence-electron chi connectivity index (χ2n) is 6.88. The van der Waals surface area contributed by atoms with Crippen molar-refractivity contribution in [1.29, 1.82) is 0 Å². The number of benzene rings is 2. The number of nitrogens with one attached hydrogen (secondary N) is 1. The largest absolute Gasteiger partial charge is 0.328 e. The standard InChI is InChI=1S/C23H24ClN5O/c1-4-28-22-10-9-17(16(3)27-30-5-2)13-21(22)26-23(28)15-20-11-12-25-29(20)19-8-6-7-18(24)14-19/h6-14,27H,3-5,15H2,1-2H3. The van der Waals surface area contributed by atoms with Crippen LogP contribution in [0.3, 0.4) is 0 Å². The molecule has 1 N–H and O–H groups in total. The van der Waals surface area contributed by atoms with Gasteiger partial charge in [-0.3, -0.25) is 10.3 Å². The molecule has 2 aromatic heterocycles. The van der Waals surface area contributed by atoms with Gasteiger partial charge in [0.15, 0.2) is 0 Å². The van der Waals surface area contributed by atoms with Gasteiger partial charge in [-0.25, -0.2) is 9.67 Å². The van der Waals surface area contributed by atoms with E-state index < -0.39 is 0 Å². The van der Waals surface area contributed by atoms with Gasteiger partial charge in [-0.2, -0.15) is 5.10 Å². The fourth-order valence-corrected chi connectivity index (χ4v) is 3.72. The van der Waals surface area contributed by atoms with Crippen molar-refractivity contribution in [2.45, 2.75) is 26.8 Å². The maximum absolute atomic E-state index is 6.17. The summed E-state index contributed by atoms with van der Waals surface area (Å²) in [7, 11) is 0. The van der Waals surface area contributed by atoms with Gasteiger partial charge < -0.3 is 4.57 Å². The van der Waals surface area contributed by atoms with E-state index in [4.69, 9.17) is 21.4 Å². The highest BCUT2D eigenvalue weighted by molar-refractivity contribution is 6.30. The van der Waals surface area contributed by atoms with E-state index in [1.807, 2.05) is 54.1 Å². The van der Waals surface area contributed by atoms with E-state index in [0.717, 1.165) is 40.3 Å². The van der Waals surface area contributed by atoms with E-state index in [0.29, 0.717) is 23.7 Å². The highest BCUT2D eigenvalue weighted by Crippen LogP contribution is 2.23. The van der Waals surface area contributed by atoms with Crippen LogP contribution in [0, 0.1) is 0 Å². The van der Waals surface area contributed by atoms with Crippen LogP contribution in [0.2, 0.25) is 5.02 Å². The number of hydrogen-bond donors (Lipinski definition) is 1. The number of rotatable bonds is 8. The predicted octanol–water partition coefficient (Wildman–Crippen LogP) is 5.00. The number of hydrogen-bond acceptors (Lipinski definition) is 4. The molecule has 4 aromatic rings. The van der Waals surface area contributed by atoms with E-state index in [1.54, 1.807) is 6.20 Å². The van der Waals surface area contributed by atoms with Gasteiger partial charge in [-0.05, 0) is 50.2 Å². The van der Waals surface area contributed by atoms with Crippen molar-refractivity contribution in [2.75, 3.05) is 6.61 Å². The molecular formula is C23H24ClN5O. The Kier molecular flexibility index (Phi) is 5.88. The van der Waals surface area contributed by atoms with Crippen LogP contribution in [0.5, 0.6) is 0 Å². The Labute approximate surface area is 180 Å². The molecule has 0 amide bonds. The average Bonchev–Trinajstić information content (AvgIpc) is 3.35. The Morgan fingerprint density at radius 3 is 2.80 bits per heavy atom. The zero-order chi connectivity index (χ0) is 21.1. The van der Waals surface area contributed by atoms with Gasteiger partial charge in [0, 0.05) is 29.7 Å². The lowest BCUT2D eigenvalue weighted by Crippen LogP contribution is -2.11. The Balaban J connectivity index is 1.68. The van der Waals surface area contributed by atoms with E-state index in [9.17, 15) is 0 Å². The summed E-state index contributed by atoms with van der Waals surface area (Å²) < 4.78 is 4.14. The molecule has 0 fully saturated rings. The fourth-order valence-electron chi connectivity index (χ4n) is 3.54. The van der Waals surface area contributed by atoms with E-state index in [2.05, 4.69) is 34.7 Å². The van der Waals surface area contributed by atoms with Crippen LogP contribution in [0.1, 0.15) is 30.9 Å². The van der Waals surface area contributed by atoms with Gasteiger partial charge in [-0.15, -0.1) is 0 Å². The van der Waals surface area contributed by atoms with Gasteiger partial charge >= 0.3 is 0 Å². The molecule has 0 atom stereocenters. The molecule has 154 valence electrons. The van der Waals surface area contributed by atoms with Crippen molar-refractivity contribution < 1.29 is 4.84 Å². The summed E-state index contributed by atoms with van der Waals surface area (Å²) in [6, 6.07) is 15.8. The lowest BCUT2D eigenvalue weighted by molar-refractivity contribution is 0.0901. The molecule has 0 aliphatic carbocycles. The average molecular weight is 422 g/mol. The van der Waals surface area contributed by atoms with Crippen LogP contribution >= 0.6 is 11.6 Å². The number of aromatic nitrogens is 4. The first-order chi connectivity index (χ1) is 14.6. The smallest absolute Gasteiger partial charge is 0.115 e. The first-order valence-corrected chi connectivity index (χ1v) is 10.3. The minimum atomic E-state index is 0.566. The monoisotopic (exact) mass is 421 g/mol. The van der Waals surface area contributed by atoms with Gasteiger partial charge in [0.1, 0.15) is 5.82 Å². The topological polar surface area (TPSA) is 56.9 Å². The van der Waals surface area contributed by atoms with E-state index in [-0.39, 0.29) is 0 Å². The SMILES string of the molecule is C=C(NOCC)c1ccc2c(c1)nc(Cc1ccnn1-c1cccc(Cl)c1)n2CC. The summed E-state index contributed by atoms with van der Waals surface area (Å²) in [6.45, 7) is 9.48. The predicted molar refractivity (Wildman–Crippen MR) is 121 cm³/mol. The Bertz CT molecular complexity index is 1190. The number of imidazole rings is 1. The molecule has 0 aliphatic heterocycles. The Hall–Kier alpha value is -3.09. The van der Waals surface area contributed by atoms with Crippen molar-refractivity contribution in [1.82, 2.24) is 24.8 Å². The Morgan fingerprint density at radius 2 is 2.03 bits per heavy atom. The highest BCUT2D eigenvalue weighted by Gasteiger charge is 2.14. The second-order valence-corrected chi connectivity index (χ2v) is 7.32.